The summed E-state index contributed by atoms with van der Waals surface area (Å²) in [6.45, 7) is 5.10. The molecule has 3 aromatic carbocycles. The van der Waals surface area contributed by atoms with Gasteiger partial charge in [-0.1, -0.05) is 61.4 Å². The standard InChI is InChI=1S/C32H31ClN2O6S/c1-4-6-15-41-24-13-10-19(17-25(24)39-3)28-27(29(36)20-8-7-9-22(16-20)40-14-5-2)30(37)31(38)35(28)32-34-23-12-11-21(33)18-26(23)42-32/h7-13,16-18,28,36H,4-6,14-15H2,1-3H3. The lowest BCUT2D eigenvalue weighted by atomic mass is 9.95. The summed E-state index contributed by atoms with van der Waals surface area (Å²) in [6.07, 6.45) is 2.68. The SMILES string of the molecule is CCCCOc1ccc(C2C(=C(O)c3cccc(OCCC)c3)C(=O)C(=O)N2c2nc3ccc(Cl)cc3s2)cc1OC. The van der Waals surface area contributed by atoms with Gasteiger partial charge < -0.3 is 19.3 Å². The summed E-state index contributed by atoms with van der Waals surface area (Å²) in [6, 6.07) is 16.3. The summed E-state index contributed by atoms with van der Waals surface area (Å²) in [5.74, 6) is -0.397. The Morgan fingerprint density at radius 1 is 1.00 bits per heavy atom. The maximum absolute atomic E-state index is 13.7. The molecule has 1 aromatic heterocycles. The predicted octanol–water partition coefficient (Wildman–Crippen LogP) is 7.55. The van der Waals surface area contributed by atoms with E-state index in [-0.39, 0.29) is 11.3 Å². The van der Waals surface area contributed by atoms with E-state index >= 15 is 0 Å². The summed E-state index contributed by atoms with van der Waals surface area (Å²) in [5, 5.41) is 12.4. The van der Waals surface area contributed by atoms with Crippen molar-refractivity contribution in [2.75, 3.05) is 25.2 Å². The lowest BCUT2D eigenvalue weighted by molar-refractivity contribution is -0.132. The second-order valence-electron chi connectivity index (χ2n) is 9.77. The second-order valence-corrected chi connectivity index (χ2v) is 11.2. The van der Waals surface area contributed by atoms with Crippen LogP contribution in [0.25, 0.3) is 16.0 Å². The van der Waals surface area contributed by atoms with Crippen LogP contribution in [0.5, 0.6) is 17.2 Å². The number of nitrogens with zero attached hydrogens (tertiary/aromatic N) is 2. The molecule has 1 amide bonds. The van der Waals surface area contributed by atoms with Crippen LogP contribution in [-0.2, 0) is 9.59 Å². The number of anilines is 1. The zero-order valence-electron chi connectivity index (χ0n) is 23.6. The Balaban J connectivity index is 1.67. The van der Waals surface area contributed by atoms with Crippen LogP contribution >= 0.6 is 22.9 Å². The zero-order chi connectivity index (χ0) is 29.8. The highest BCUT2D eigenvalue weighted by Gasteiger charge is 2.48. The minimum atomic E-state index is -0.986. The van der Waals surface area contributed by atoms with E-state index in [0.29, 0.717) is 57.3 Å². The number of hydrogen-bond acceptors (Lipinski definition) is 8. The van der Waals surface area contributed by atoms with E-state index in [1.165, 1.54) is 23.3 Å². The van der Waals surface area contributed by atoms with Crippen LogP contribution in [0.15, 0.2) is 66.2 Å². The highest BCUT2D eigenvalue weighted by molar-refractivity contribution is 7.22. The molecular weight excluding hydrogens is 576 g/mol. The molecule has 1 unspecified atom stereocenters. The van der Waals surface area contributed by atoms with Gasteiger partial charge in [0.25, 0.3) is 5.78 Å². The quantitative estimate of drug-likeness (QED) is 0.0814. The maximum Gasteiger partial charge on any atom is 0.301 e. The molecule has 0 spiro atoms. The molecule has 1 aliphatic heterocycles. The fraction of sp³-hybridized carbons (Fsp3) is 0.281. The minimum absolute atomic E-state index is 0.0633. The van der Waals surface area contributed by atoms with Crippen molar-refractivity contribution < 1.29 is 28.9 Å². The number of amides is 1. The van der Waals surface area contributed by atoms with E-state index in [4.69, 9.17) is 25.8 Å². The lowest BCUT2D eigenvalue weighted by Gasteiger charge is -2.24. The first kappa shape index (κ1) is 29.4. The molecule has 10 heteroatoms. The second kappa shape index (κ2) is 12.8. The highest BCUT2D eigenvalue weighted by Crippen LogP contribution is 2.46. The zero-order valence-corrected chi connectivity index (χ0v) is 25.1. The van der Waals surface area contributed by atoms with Crippen LogP contribution < -0.4 is 19.1 Å². The third kappa shape index (κ3) is 5.80. The molecule has 42 heavy (non-hydrogen) atoms. The summed E-state index contributed by atoms with van der Waals surface area (Å²) < 4.78 is 18.0. The average Bonchev–Trinajstić information content (AvgIpc) is 3.53. The number of benzene rings is 3. The average molecular weight is 607 g/mol. The highest BCUT2D eigenvalue weighted by atomic mass is 35.5. The van der Waals surface area contributed by atoms with E-state index in [9.17, 15) is 14.7 Å². The molecule has 8 nitrogen and oxygen atoms in total. The number of fused-ring (bicyclic) bond motifs is 1. The van der Waals surface area contributed by atoms with Gasteiger partial charge in [-0.15, -0.1) is 0 Å². The van der Waals surface area contributed by atoms with E-state index in [1.807, 2.05) is 6.92 Å². The molecular formula is C32H31ClN2O6S. The number of aliphatic hydroxyl groups excluding tert-OH is 1. The molecule has 1 N–H and O–H groups in total. The Kier molecular flexibility index (Phi) is 8.99. The normalized spacial score (nSPS) is 16.3. The number of halogens is 1. The van der Waals surface area contributed by atoms with Gasteiger partial charge in [-0.3, -0.25) is 14.5 Å². The van der Waals surface area contributed by atoms with Gasteiger partial charge in [-0.05, 0) is 60.9 Å². The largest absolute Gasteiger partial charge is 0.507 e. The van der Waals surface area contributed by atoms with Gasteiger partial charge in [0.15, 0.2) is 16.6 Å². The number of thiazole rings is 1. The van der Waals surface area contributed by atoms with E-state index < -0.39 is 17.7 Å². The number of carbonyl (C=O) groups is 2. The summed E-state index contributed by atoms with van der Waals surface area (Å²) in [4.78, 5) is 33.3. The van der Waals surface area contributed by atoms with Gasteiger partial charge in [0.05, 0.1) is 42.2 Å². The molecule has 2 heterocycles. The minimum Gasteiger partial charge on any atom is -0.507 e. The predicted molar refractivity (Wildman–Crippen MR) is 165 cm³/mol. The monoisotopic (exact) mass is 606 g/mol. The molecule has 218 valence electrons. The van der Waals surface area contributed by atoms with Gasteiger partial charge in [0.1, 0.15) is 11.5 Å². The maximum atomic E-state index is 13.7. The van der Waals surface area contributed by atoms with Crippen molar-refractivity contribution in [2.24, 2.45) is 0 Å². The third-order valence-corrected chi connectivity index (χ3v) is 8.08. The van der Waals surface area contributed by atoms with Crippen LogP contribution in [0, 0.1) is 0 Å². The van der Waals surface area contributed by atoms with E-state index in [2.05, 4.69) is 11.9 Å². The summed E-state index contributed by atoms with van der Waals surface area (Å²) in [5.41, 5.74) is 1.48. The molecule has 4 aromatic rings. The van der Waals surface area contributed by atoms with E-state index in [0.717, 1.165) is 24.0 Å². The fourth-order valence-corrected chi connectivity index (χ4v) is 6.01. The smallest absolute Gasteiger partial charge is 0.301 e. The van der Waals surface area contributed by atoms with Crippen LogP contribution in [0.2, 0.25) is 5.02 Å². The van der Waals surface area contributed by atoms with Crippen molar-refractivity contribution in [1.29, 1.82) is 0 Å². The third-order valence-electron chi connectivity index (χ3n) is 6.83. The van der Waals surface area contributed by atoms with Gasteiger partial charge in [-0.25, -0.2) is 4.98 Å². The number of hydrogen-bond donors (Lipinski definition) is 1. The number of aliphatic hydroxyl groups is 1. The molecule has 0 bridgehead atoms. The molecule has 5 rings (SSSR count). The fourth-order valence-electron chi connectivity index (χ4n) is 4.74. The number of ketones is 1. The Morgan fingerprint density at radius 3 is 2.60 bits per heavy atom. The number of Topliss-reactive ketones (excluding diaryl/α,β-unsaturated/α-hetero) is 1. The van der Waals surface area contributed by atoms with Gasteiger partial charge >= 0.3 is 5.91 Å². The van der Waals surface area contributed by atoms with Crippen molar-refractivity contribution in [3.8, 4) is 17.2 Å². The number of ether oxygens (including phenoxy) is 3. The number of unbranched alkanes of at least 4 members (excludes halogenated alkanes) is 1. The first-order valence-corrected chi connectivity index (χ1v) is 15.0. The summed E-state index contributed by atoms with van der Waals surface area (Å²) >= 11 is 7.44. The Hall–Kier alpha value is -4.08. The number of rotatable bonds is 11. The van der Waals surface area contributed by atoms with Crippen molar-refractivity contribution in [3.05, 3.63) is 82.4 Å². The Bertz CT molecular complexity index is 1670. The Labute approximate surface area is 253 Å². The summed E-state index contributed by atoms with van der Waals surface area (Å²) in [7, 11) is 1.53. The number of aromatic nitrogens is 1. The Morgan fingerprint density at radius 2 is 1.83 bits per heavy atom. The van der Waals surface area contributed by atoms with Crippen molar-refractivity contribution in [1.82, 2.24) is 4.98 Å². The molecule has 1 saturated heterocycles. The van der Waals surface area contributed by atoms with Crippen LogP contribution in [0.3, 0.4) is 0 Å². The number of methoxy groups -OCH3 is 1. The molecule has 1 fully saturated rings. The van der Waals surface area contributed by atoms with Gasteiger partial charge in [-0.2, -0.15) is 0 Å². The van der Waals surface area contributed by atoms with Crippen LogP contribution in [-0.4, -0.2) is 42.1 Å². The molecule has 0 aliphatic carbocycles. The van der Waals surface area contributed by atoms with Gasteiger partial charge in [0.2, 0.25) is 0 Å². The van der Waals surface area contributed by atoms with Crippen LogP contribution in [0.4, 0.5) is 5.13 Å². The molecule has 0 radical (unpaired) electrons. The van der Waals surface area contributed by atoms with Crippen molar-refractivity contribution in [2.45, 2.75) is 39.2 Å². The van der Waals surface area contributed by atoms with Crippen LogP contribution in [0.1, 0.15) is 50.3 Å². The first-order chi connectivity index (χ1) is 20.4. The molecule has 0 saturated carbocycles. The number of carbonyl (C=O) groups excluding carboxylic acids is 2. The molecule has 1 atom stereocenters. The topological polar surface area (TPSA) is 98.2 Å². The van der Waals surface area contributed by atoms with E-state index in [1.54, 1.807) is 60.7 Å². The van der Waals surface area contributed by atoms with Crippen molar-refractivity contribution in [3.63, 3.8) is 0 Å². The first-order valence-electron chi connectivity index (χ1n) is 13.8. The molecule has 1 aliphatic rings. The lowest BCUT2D eigenvalue weighted by Crippen LogP contribution is -2.29. The van der Waals surface area contributed by atoms with Crippen molar-refractivity contribution >= 4 is 55.7 Å². The van der Waals surface area contributed by atoms with Gasteiger partial charge in [0, 0.05) is 10.6 Å².